The van der Waals surface area contributed by atoms with Gasteiger partial charge in [-0.25, -0.2) is 0 Å². The number of hydrogen-bond acceptors (Lipinski definition) is 1. The Morgan fingerprint density at radius 1 is 0.882 bits per heavy atom. The summed E-state index contributed by atoms with van der Waals surface area (Å²) in [6, 6.07) is 3.90. The van der Waals surface area contributed by atoms with Gasteiger partial charge >= 0.3 is 0 Å². The number of ether oxygens (including phenoxy) is 1. The van der Waals surface area contributed by atoms with Crippen molar-refractivity contribution in [1.82, 2.24) is 0 Å². The second kappa shape index (κ2) is 15.3. The molecule has 0 saturated heterocycles. The smallest absolute Gasteiger partial charge is 0.123 e. The second-order valence-electron chi connectivity index (χ2n) is 2.57. The Balaban J connectivity index is -0.000000285. The van der Waals surface area contributed by atoms with Gasteiger partial charge in [-0.05, 0) is 31.5 Å². The molecule has 2 heteroatoms. The molecular weight excluding hydrogens is 232 g/mol. The van der Waals surface area contributed by atoms with Crippen LogP contribution in [0.25, 0.3) is 0 Å². The molecule has 0 N–H and O–H groups in total. The van der Waals surface area contributed by atoms with Crippen LogP contribution in [0.1, 0.15) is 52.7 Å². The van der Waals surface area contributed by atoms with Crippen LogP contribution < -0.4 is 4.74 Å². The molecule has 0 unspecified atom stereocenters. The van der Waals surface area contributed by atoms with Crippen molar-refractivity contribution < 1.29 is 4.74 Å². The molecule has 0 aliphatic heterocycles. The molecule has 0 bridgehead atoms. The normalized spacial score (nSPS) is 7.41. The lowest BCUT2D eigenvalue weighted by molar-refractivity contribution is 0.411. The van der Waals surface area contributed by atoms with Crippen molar-refractivity contribution >= 4 is 11.6 Å². The molecule has 0 spiro atoms. The van der Waals surface area contributed by atoms with E-state index in [1.807, 2.05) is 67.5 Å². The Bertz CT molecular complexity index is 270. The van der Waals surface area contributed by atoms with Gasteiger partial charge in [0.2, 0.25) is 0 Å². The molecule has 0 radical (unpaired) electrons. The van der Waals surface area contributed by atoms with Crippen LogP contribution in [0.5, 0.6) is 5.75 Å². The Kier molecular flexibility index (Phi) is 19.4. The molecule has 1 aromatic rings. The van der Waals surface area contributed by atoms with Crippen LogP contribution in [0.2, 0.25) is 5.02 Å². The minimum atomic E-state index is 0.766. The molecule has 0 aliphatic rings. The second-order valence-corrected chi connectivity index (χ2v) is 2.98. The van der Waals surface area contributed by atoms with Crippen LogP contribution in [-0.2, 0) is 0 Å². The van der Waals surface area contributed by atoms with Gasteiger partial charge in [0, 0.05) is 10.6 Å². The van der Waals surface area contributed by atoms with E-state index >= 15 is 0 Å². The van der Waals surface area contributed by atoms with E-state index < -0.39 is 0 Å². The third-order valence-corrected chi connectivity index (χ3v) is 2.05. The maximum absolute atomic E-state index is 5.92. The highest BCUT2D eigenvalue weighted by molar-refractivity contribution is 6.31. The predicted octanol–water partition coefficient (Wildman–Crippen LogP) is 6.04. The monoisotopic (exact) mass is 260 g/mol. The first kappa shape index (κ1) is 21.6. The van der Waals surface area contributed by atoms with Crippen molar-refractivity contribution in [2.24, 2.45) is 0 Å². The molecule has 1 nitrogen and oxygen atoms in total. The summed E-state index contributed by atoms with van der Waals surface area (Å²) < 4.78 is 5.12. The fourth-order valence-corrected chi connectivity index (χ4v) is 1.26. The van der Waals surface area contributed by atoms with Gasteiger partial charge in [0.25, 0.3) is 0 Å². The summed E-state index contributed by atoms with van der Waals surface area (Å²) in [6.07, 6.45) is 0. The van der Waals surface area contributed by atoms with Crippen molar-refractivity contribution in [1.29, 1.82) is 0 Å². The van der Waals surface area contributed by atoms with E-state index in [-0.39, 0.29) is 0 Å². The number of benzene rings is 1. The highest BCUT2D eigenvalue weighted by Gasteiger charge is 2.02. The largest absolute Gasteiger partial charge is 0.496 e. The van der Waals surface area contributed by atoms with Gasteiger partial charge in [0.1, 0.15) is 5.75 Å². The SMILES string of the molecule is CC.CC.CC.COc1cc(C)cc(Cl)c1C. The average Bonchev–Trinajstić information content (AvgIpc) is 2.41. The lowest BCUT2D eigenvalue weighted by Gasteiger charge is -2.06. The highest BCUT2D eigenvalue weighted by atomic mass is 35.5. The number of aryl methyl sites for hydroxylation is 1. The molecule has 0 heterocycles. The summed E-state index contributed by atoms with van der Waals surface area (Å²) >= 11 is 5.92. The van der Waals surface area contributed by atoms with Crippen LogP contribution in [-0.4, -0.2) is 7.11 Å². The minimum Gasteiger partial charge on any atom is -0.496 e. The first-order valence-corrected chi connectivity index (χ1v) is 6.83. The van der Waals surface area contributed by atoms with Gasteiger partial charge in [-0.15, -0.1) is 0 Å². The van der Waals surface area contributed by atoms with Crippen LogP contribution >= 0.6 is 11.6 Å². The zero-order valence-electron chi connectivity index (χ0n) is 12.9. The molecule has 0 fully saturated rings. The molecule has 1 rings (SSSR count). The maximum atomic E-state index is 5.92. The van der Waals surface area contributed by atoms with E-state index in [1.165, 1.54) is 0 Å². The zero-order valence-corrected chi connectivity index (χ0v) is 13.7. The lowest BCUT2D eigenvalue weighted by atomic mass is 10.1. The summed E-state index contributed by atoms with van der Waals surface area (Å²) in [4.78, 5) is 0. The van der Waals surface area contributed by atoms with Gasteiger partial charge in [0.15, 0.2) is 0 Å². The van der Waals surface area contributed by atoms with Gasteiger partial charge in [-0.3, -0.25) is 0 Å². The first-order valence-electron chi connectivity index (χ1n) is 6.46. The van der Waals surface area contributed by atoms with Crippen LogP contribution in [0.15, 0.2) is 12.1 Å². The third-order valence-electron chi connectivity index (χ3n) is 1.66. The quantitative estimate of drug-likeness (QED) is 0.598. The molecule has 0 aromatic heterocycles. The van der Waals surface area contributed by atoms with Crippen LogP contribution in [0.4, 0.5) is 0 Å². The van der Waals surface area contributed by atoms with Crippen molar-refractivity contribution in [2.45, 2.75) is 55.4 Å². The fraction of sp³-hybridized carbons (Fsp3) is 0.600. The van der Waals surface area contributed by atoms with Gasteiger partial charge in [0.05, 0.1) is 7.11 Å². The maximum Gasteiger partial charge on any atom is 0.123 e. The Morgan fingerprint density at radius 2 is 1.29 bits per heavy atom. The number of methoxy groups -OCH3 is 1. The fourth-order valence-electron chi connectivity index (χ4n) is 0.995. The van der Waals surface area contributed by atoms with Crippen molar-refractivity contribution in [3.05, 3.63) is 28.3 Å². The molecule has 17 heavy (non-hydrogen) atoms. The van der Waals surface area contributed by atoms with Crippen LogP contribution in [0, 0.1) is 13.8 Å². The van der Waals surface area contributed by atoms with E-state index in [0.29, 0.717) is 0 Å². The summed E-state index contributed by atoms with van der Waals surface area (Å²) in [7, 11) is 1.65. The van der Waals surface area contributed by atoms with Crippen molar-refractivity contribution in [3.63, 3.8) is 0 Å². The summed E-state index contributed by atoms with van der Waals surface area (Å²) in [5.74, 6) is 0.856. The van der Waals surface area contributed by atoms with Gasteiger partial charge in [-0.1, -0.05) is 53.1 Å². The number of halogens is 1. The zero-order chi connectivity index (χ0) is 14.4. The molecule has 102 valence electrons. The molecule has 0 amide bonds. The topological polar surface area (TPSA) is 9.23 Å². The summed E-state index contributed by atoms with van der Waals surface area (Å²) in [5.41, 5.74) is 2.12. The van der Waals surface area contributed by atoms with Crippen LogP contribution in [0.3, 0.4) is 0 Å². The van der Waals surface area contributed by atoms with E-state index in [1.54, 1.807) is 7.11 Å². The van der Waals surface area contributed by atoms with E-state index in [2.05, 4.69) is 0 Å². The van der Waals surface area contributed by atoms with E-state index in [0.717, 1.165) is 21.9 Å². The van der Waals surface area contributed by atoms with Crippen molar-refractivity contribution in [2.75, 3.05) is 7.11 Å². The Labute approximate surface area is 113 Å². The average molecular weight is 261 g/mol. The first-order chi connectivity index (χ1) is 8.15. The molecule has 1 aromatic carbocycles. The Hall–Kier alpha value is -0.690. The standard InChI is InChI=1S/C9H11ClO.3C2H6/c1-6-4-8(10)7(2)9(5-6)11-3;3*1-2/h4-5H,1-3H3;3*1-2H3. The predicted molar refractivity (Wildman–Crippen MR) is 81.5 cm³/mol. The van der Waals surface area contributed by atoms with Gasteiger partial charge in [-0.2, -0.15) is 0 Å². The number of hydrogen-bond donors (Lipinski definition) is 0. The molecular formula is C15H29ClO. The Morgan fingerprint density at radius 3 is 1.65 bits per heavy atom. The number of rotatable bonds is 1. The lowest BCUT2D eigenvalue weighted by Crippen LogP contribution is -1.88. The van der Waals surface area contributed by atoms with Gasteiger partial charge < -0.3 is 4.74 Å². The van der Waals surface area contributed by atoms with Crippen molar-refractivity contribution in [3.8, 4) is 5.75 Å². The van der Waals surface area contributed by atoms with E-state index in [9.17, 15) is 0 Å². The minimum absolute atomic E-state index is 0.766. The summed E-state index contributed by atoms with van der Waals surface area (Å²) in [6.45, 7) is 15.9. The van der Waals surface area contributed by atoms with E-state index in [4.69, 9.17) is 16.3 Å². The molecule has 0 saturated carbocycles. The third kappa shape index (κ3) is 9.05. The summed E-state index contributed by atoms with van der Waals surface area (Å²) in [5, 5.41) is 0.766. The highest BCUT2D eigenvalue weighted by Crippen LogP contribution is 2.26. The molecule has 0 aliphatic carbocycles. The molecule has 0 atom stereocenters.